The Morgan fingerprint density at radius 3 is 2.93 bits per heavy atom. The average Bonchev–Trinajstić information content (AvgIpc) is 3.38. The first kappa shape index (κ1) is 18.5. The van der Waals surface area contributed by atoms with E-state index >= 15 is 0 Å². The van der Waals surface area contributed by atoms with Crippen LogP contribution in [0.5, 0.6) is 0 Å². The van der Waals surface area contributed by atoms with Crippen LogP contribution in [-0.2, 0) is 13.1 Å². The van der Waals surface area contributed by atoms with Crippen LogP contribution in [-0.4, -0.2) is 30.9 Å². The third kappa shape index (κ3) is 3.60. The first-order valence-corrected chi connectivity index (χ1v) is 10.4. The SMILES string of the molecule is C=CCn1c(SCC(=O)c2cn(CCC#N)c3ccccc23)nnc1C1CC1. The van der Waals surface area contributed by atoms with Gasteiger partial charge >= 0.3 is 0 Å². The van der Waals surface area contributed by atoms with Gasteiger partial charge in [0.25, 0.3) is 0 Å². The van der Waals surface area contributed by atoms with Gasteiger partial charge in [0.2, 0.25) is 0 Å². The van der Waals surface area contributed by atoms with Crippen molar-refractivity contribution in [3.05, 3.63) is 54.5 Å². The van der Waals surface area contributed by atoms with E-state index in [1.54, 1.807) is 0 Å². The summed E-state index contributed by atoms with van der Waals surface area (Å²) in [5, 5.41) is 19.2. The number of aromatic nitrogens is 4. The third-order valence-corrected chi connectivity index (χ3v) is 5.85. The van der Waals surface area contributed by atoms with E-state index in [1.165, 1.54) is 11.8 Å². The largest absolute Gasteiger partial charge is 0.346 e. The van der Waals surface area contributed by atoms with E-state index in [9.17, 15) is 4.79 Å². The molecule has 6 nitrogen and oxygen atoms in total. The topological polar surface area (TPSA) is 76.5 Å². The number of carbonyl (C=O) groups excluding carboxylic acids is 1. The van der Waals surface area contributed by atoms with E-state index in [4.69, 9.17) is 5.26 Å². The first-order valence-electron chi connectivity index (χ1n) is 9.37. The molecular formula is C21H21N5OS. The van der Waals surface area contributed by atoms with Crippen molar-refractivity contribution >= 4 is 28.4 Å². The molecule has 0 N–H and O–H groups in total. The zero-order valence-electron chi connectivity index (χ0n) is 15.5. The second-order valence-electron chi connectivity index (χ2n) is 6.89. The van der Waals surface area contributed by atoms with Gasteiger partial charge in [-0.2, -0.15) is 5.26 Å². The minimum atomic E-state index is 0.0537. The van der Waals surface area contributed by atoms with Crippen molar-refractivity contribution in [3.8, 4) is 6.07 Å². The standard InChI is InChI=1S/C21H21N5OS/c1-2-11-26-20(15-8-9-15)23-24-21(26)28-14-19(27)17-13-25(12-5-10-22)18-7-4-3-6-16(17)18/h2-4,6-7,13,15H,1,5,8-9,11-12,14H2. The number of Topliss-reactive ketones (excluding diaryl/α,β-unsaturated/α-hetero) is 1. The summed E-state index contributed by atoms with van der Waals surface area (Å²) >= 11 is 1.42. The molecule has 1 aliphatic rings. The number of benzene rings is 1. The van der Waals surface area contributed by atoms with Gasteiger partial charge in [0, 0.05) is 41.7 Å². The van der Waals surface area contributed by atoms with Crippen molar-refractivity contribution in [2.24, 2.45) is 0 Å². The summed E-state index contributed by atoms with van der Waals surface area (Å²) in [5.74, 6) is 1.85. The Balaban J connectivity index is 1.55. The van der Waals surface area contributed by atoms with Crippen LogP contribution in [0.4, 0.5) is 0 Å². The Kier molecular flexibility index (Phi) is 5.31. The van der Waals surface area contributed by atoms with Gasteiger partial charge < -0.3 is 9.13 Å². The minimum absolute atomic E-state index is 0.0537. The van der Waals surface area contributed by atoms with Gasteiger partial charge in [0.05, 0.1) is 18.2 Å². The molecule has 0 bridgehead atoms. The predicted octanol–water partition coefficient (Wildman–Crippen LogP) is 4.18. The molecule has 1 fully saturated rings. The summed E-state index contributed by atoms with van der Waals surface area (Å²) in [6, 6.07) is 9.99. The van der Waals surface area contributed by atoms with Crippen LogP contribution in [0.15, 0.2) is 48.3 Å². The van der Waals surface area contributed by atoms with Crippen LogP contribution < -0.4 is 0 Å². The molecule has 2 aromatic heterocycles. The second kappa shape index (κ2) is 8.03. The number of rotatable bonds is 9. The second-order valence-corrected chi connectivity index (χ2v) is 7.83. The molecule has 28 heavy (non-hydrogen) atoms. The van der Waals surface area contributed by atoms with E-state index in [2.05, 4.69) is 27.4 Å². The highest BCUT2D eigenvalue weighted by Crippen LogP contribution is 2.40. The number of para-hydroxylation sites is 1. The number of fused-ring (bicyclic) bond motifs is 1. The minimum Gasteiger partial charge on any atom is -0.346 e. The van der Waals surface area contributed by atoms with Gasteiger partial charge in [0.1, 0.15) is 5.82 Å². The summed E-state index contributed by atoms with van der Waals surface area (Å²) < 4.78 is 4.06. The Labute approximate surface area is 167 Å². The van der Waals surface area contributed by atoms with E-state index in [1.807, 2.05) is 41.1 Å². The Hall–Kier alpha value is -2.85. The monoisotopic (exact) mass is 391 g/mol. The summed E-state index contributed by atoms with van der Waals surface area (Å²) in [6.07, 6.45) is 6.43. The van der Waals surface area contributed by atoms with Gasteiger partial charge in [-0.05, 0) is 18.9 Å². The highest BCUT2D eigenvalue weighted by atomic mass is 32.2. The number of carbonyl (C=O) groups is 1. The van der Waals surface area contributed by atoms with Crippen molar-refractivity contribution in [1.29, 1.82) is 5.26 Å². The van der Waals surface area contributed by atoms with E-state index < -0.39 is 0 Å². The van der Waals surface area contributed by atoms with Crippen LogP contribution in [0.1, 0.15) is 41.4 Å². The van der Waals surface area contributed by atoms with Crippen molar-refractivity contribution in [2.45, 2.75) is 43.4 Å². The van der Waals surface area contributed by atoms with Crippen LogP contribution in [0.3, 0.4) is 0 Å². The Morgan fingerprint density at radius 2 is 2.18 bits per heavy atom. The number of thioether (sulfide) groups is 1. The molecular weight excluding hydrogens is 370 g/mol. The fourth-order valence-electron chi connectivity index (χ4n) is 3.38. The van der Waals surface area contributed by atoms with Crippen LogP contribution in [0.2, 0.25) is 0 Å². The molecule has 7 heteroatoms. The molecule has 0 amide bonds. The molecule has 0 spiro atoms. The maximum absolute atomic E-state index is 13.0. The summed E-state index contributed by atoms with van der Waals surface area (Å²) in [4.78, 5) is 13.0. The molecule has 1 aliphatic carbocycles. The van der Waals surface area contributed by atoms with Gasteiger partial charge in [-0.15, -0.1) is 16.8 Å². The number of nitriles is 1. The highest BCUT2D eigenvalue weighted by molar-refractivity contribution is 7.99. The van der Waals surface area contributed by atoms with Crippen molar-refractivity contribution in [1.82, 2.24) is 19.3 Å². The van der Waals surface area contributed by atoms with Crippen LogP contribution in [0, 0.1) is 11.3 Å². The number of ketones is 1. The lowest BCUT2D eigenvalue weighted by Gasteiger charge is -2.06. The number of nitrogens with zero attached hydrogens (tertiary/aromatic N) is 5. The van der Waals surface area contributed by atoms with Crippen molar-refractivity contribution in [3.63, 3.8) is 0 Å². The van der Waals surface area contributed by atoms with Crippen LogP contribution in [0.25, 0.3) is 10.9 Å². The average molecular weight is 392 g/mol. The molecule has 1 saturated carbocycles. The molecule has 0 atom stereocenters. The molecule has 3 aromatic rings. The maximum atomic E-state index is 13.0. The lowest BCUT2D eigenvalue weighted by Crippen LogP contribution is -2.06. The van der Waals surface area contributed by atoms with Crippen molar-refractivity contribution in [2.75, 3.05) is 5.75 Å². The molecule has 4 rings (SSSR count). The molecule has 0 unspecified atom stereocenters. The summed E-state index contributed by atoms with van der Waals surface area (Å²) in [7, 11) is 0. The molecule has 0 aliphatic heterocycles. The fourth-order valence-corrected chi connectivity index (χ4v) is 4.22. The molecule has 0 radical (unpaired) electrons. The predicted molar refractivity (Wildman–Crippen MR) is 109 cm³/mol. The van der Waals surface area contributed by atoms with Crippen LogP contribution >= 0.6 is 11.8 Å². The zero-order chi connectivity index (χ0) is 19.5. The lowest BCUT2D eigenvalue weighted by molar-refractivity contribution is 0.102. The fraction of sp³-hybridized carbons (Fsp3) is 0.333. The summed E-state index contributed by atoms with van der Waals surface area (Å²) in [6.45, 7) is 5.06. The number of aryl methyl sites for hydroxylation is 1. The van der Waals surface area contributed by atoms with E-state index in [-0.39, 0.29) is 5.78 Å². The highest BCUT2D eigenvalue weighted by Gasteiger charge is 2.30. The molecule has 0 saturated heterocycles. The van der Waals surface area contributed by atoms with Gasteiger partial charge in [0.15, 0.2) is 10.9 Å². The quantitative estimate of drug-likeness (QED) is 0.311. The van der Waals surface area contributed by atoms with Gasteiger partial charge in [-0.3, -0.25) is 4.79 Å². The Bertz CT molecular complexity index is 1070. The number of hydrogen-bond acceptors (Lipinski definition) is 5. The van der Waals surface area contributed by atoms with Gasteiger partial charge in [-0.1, -0.05) is 36.0 Å². The van der Waals surface area contributed by atoms with E-state index in [0.29, 0.717) is 36.7 Å². The first-order chi connectivity index (χ1) is 13.7. The summed E-state index contributed by atoms with van der Waals surface area (Å²) in [5.41, 5.74) is 1.68. The smallest absolute Gasteiger partial charge is 0.191 e. The maximum Gasteiger partial charge on any atom is 0.191 e. The molecule has 1 aromatic carbocycles. The normalized spacial score (nSPS) is 13.5. The zero-order valence-corrected chi connectivity index (χ0v) is 16.4. The lowest BCUT2D eigenvalue weighted by atomic mass is 10.1. The third-order valence-electron chi connectivity index (χ3n) is 4.89. The Morgan fingerprint density at radius 1 is 1.36 bits per heavy atom. The molecule has 142 valence electrons. The number of allylic oxidation sites excluding steroid dienone is 1. The van der Waals surface area contributed by atoms with Crippen molar-refractivity contribution < 1.29 is 4.79 Å². The number of hydrogen-bond donors (Lipinski definition) is 0. The molecule has 2 heterocycles. The van der Waals surface area contributed by atoms with Gasteiger partial charge in [-0.25, -0.2) is 0 Å². The van der Waals surface area contributed by atoms with E-state index in [0.717, 1.165) is 34.7 Å².